The van der Waals surface area contributed by atoms with Crippen LogP contribution < -0.4 is 10.5 Å². The molecule has 0 saturated heterocycles. The van der Waals surface area contributed by atoms with Gasteiger partial charge < -0.3 is 15.6 Å². The second-order valence-electron chi connectivity index (χ2n) is 3.98. The fourth-order valence-corrected chi connectivity index (χ4v) is 2.60. The summed E-state index contributed by atoms with van der Waals surface area (Å²) in [5.41, 5.74) is 7.56. The minimum atomic E-state index is 0.244. The van der Waals surface area contributed by atoms with Gasteiger partial charge in [-0.1, -0.05) is 22.9 Å². The van der Waals surface area contributed by atoms with Crippen LogP contribution in [0.4, 0.5) is 0 Å². The Labute approximate surface area is 111 Å². The Bertz CT molecular complexity index is 352. The fourth-order valence-electron chi connectivity index (χ4n) is 1.82. The van der Waals surface area contributed by atoms with Crippen molar-refractivity contribution in [2.45, 2.75) is 32.6 Å². The highest BCUT2D eigenvalue weighted by molar-refractivity contribution is 9.10. The molecule has 0 atom stereocenters. The zero-order chi connectivity index (χ0) is 12.8. The van der Waals surface area contributed by atoms with E-state index in [0.717, 1.165) is 41.3 Å². The Morgan fingerprint density at radius 1 is 1.41 bits per heavy atom. The number of aryl methyl sites for hydroxylation is 1. The maximum Gasteiger partial charge on any atom is 0.162 e. The van der Waals surface area contributed by atoms with E-state index in [0.29, 0.717) is 12.3 Å². The first-order chi connectivity index (χ1) is 8.15. The summed E-state index contributed by atoms with van der Waals surface area (Å²) in [4.78, 5) is 0. The summed E-state index contributed by atoms with van der Waals surface area (Å²) in [5, 5.41) is 10.1. The summed E-state index contributed by atoms with van der Waals surface area (Å²) in [6.07, 6.45) is 3.65. The van der Waals surface area contributed by atoms with E-state index in [9.17, 15) is 5.11 Å². The van der Waals surface area contributed by atoms with E-state index < -0.39 is 0 Å². The van der Waals surface area contributed by atoms with Crippen LogP contribution in [0.5, 0.6) is 11.5 Å². The Balaban J connectivity index is 3.06. The number of benzene rings is 1. The lowest BCUT2D eigenvalue weighted by Gasteiger charge is -2.14. The normalized spacial score (nSPS) is 10.6. The number of phenols is 1. The molecule has 0 aliphatic carbocycles. The fraction of sp³-hybridized carbons (Fsp3) is 0.538. The molecule has 0 amide bonds. The minimum absolute atomic E-state index is 0.244. The molecule has 0 saturated carbocycles. The average Bonchev–Trinajstić information content (AvgIpc) is 2.34. The molecular formula is C13H20BrNO2. The third kappa shape index (κ3) is 3.36. The number of ether oxygens (including phenoxy) is 1. The van der Waals surface area contributed by atoms with Crippen LogP contribution in [0.1, 0.15) is 30.9 Å². The highest BCUT2D eigenvalue weighted by atomic mass is 79.9. The molecule has 1 aromatic rings. The summed E-state index contributed by atoms with van der Waals surface area (Å²) in [7, 11) is 1.58. The molecule has 3 nitrogen and oxygen atoms in total. The number of unbranched alkanes of at least 4 members (excludes halogenated alkanes) is 1. The van der Waals surface area contributed by atoms with Crippen molar-refractivity contribution in [3.05, 3.63) is 21.7 Å². The maximum atomic E-state index is 10.1. The van der Waals surface area contributed by atoms with Gasteiger partial charge in [0.2, 0.25) is 0 Å². The number of phenolic OH excluding ortho intramolecular Hbond substituents is 1. The van der Waals surface area contributed by atoms with Crippen molar-refractivity contribution in [2.75, 3.05) is 13.7 Å². The van der Waals surface area contributed by atoms with E-state index in [1.807, 2.05) is 6.07 Å². The topological polar surface area (TPSA) is 55.5 Å². The molecule has 0 fully saturated rings. The molecule has 0 heterocycles. The highest BCUT2D eigenvalue weighted by Crippen LogP contribution is 2.39. The monoisotopic (exact) mass is 301 g/mol. The van der Waals surface area contributed by atoms with Crippen LogP contribution in [-0.2, 0) is 12.8 Å². The van der Waals surface area contributed by atoms with Crippen LogP contribution in [0.25, 0.3) is 0 Å². The molecule has 17 heavy (non-hydrogen) atoms. The van der Waals surface area contributed by atoms with Gasteiger partial charge in [0.25, 0.3) is 0 Å². The van der Waals surface area contributed by atoms with Gasteiger partial charge in [0.05, 0.1) is 7.11 Å². The Morgan fingerprint density at radius 2 is 2.12 bits per heavy atom. The molecule has 0 aliphatic rings. The van der Waals surface area contributed by atoms with Gasteiger partial charge in [-0.2, -0.15) is 0 Å². The molecule has 0 aliphatic heterocycles. The third-order valence-electron chi connectivity index (χ3n) is 2.85. The zero-order valence-electron chi connectivity index (χ0n) is 10.4. The lowest BCUT2D eigenvalue weighted by atomic mass is 10.0. The Hall–Kier alpha value is -0.740. The van der Waals surface area contributed by atoms with Crippen molar-refractivity contribution in [2.24, 2.45) is 5.73 Å². The van der Waals surface area contributed by atoms with E-state index >= 15 is 0 Å². The molecule has 0 unspecified atom stereocenters. The predicted octanol–water partition coefficient (Wildman–Crippen LogP) is 3.01. The molecule has 0 radical (unpaired) electrons. The number of hydrogen-bond acceptors (Lipinski definition) is 3. The second-order valence-corrected chi connectivity index (χ2v) is 4.77. The number of rotatable bonds is 6. The van der Waals surface area contributed by atoms with E-state index in [2.05, 4.69) is 22.9 Å². The quantitative estimate of drug-likeness (QED) is 0.794. The first-order valence-electron chi connectivity index (χ1n) is 5.92. The van der Waals surface area contributed by atoms with Crippen LogP contribution in [0, 0.1) is 0 Å². The second kappa shape index (κ2) is 6.87. The minimum Gasteiger partial charge on any atom is -0.504 e. The molecule has 0 aromatic heterocycles. The third-order valence-corrected chi connectivity index (χ3v) is 3.84. The van der Waals surface area contributed by atoms with Gasteiger partial charge in [-0.25, -0.2) is 0 Å². The molecule has 3 N–H and O–H groups in total. The van der Waals surface area contributed by atoms with Gasteiger partial charge in [-0.05, 0) is 43.9 Å². The van der Waals surface area contributed by atoms with Gasteiger partial charge in [0.1, 0.15) is 0 Å². The van der Waals surface area contributed by atoms with E-state index in [4.69, 9.17) is 10.5 Å². The van der Waals surface area contributed by atoms with Gasteiger partial charge in [-0.15, -0.1) is 0 Å². The summed E-state index contributed by atoms with van der Waals surface area (Å²) in [5.74, 6) is 0.793. The molecule has 1 rings (SSSR count). The molecule has 1 aromatic carbocycles. The lowest BCUT2D eigenvalue weighted by Crippen LogP contribution is -2.01. The van der Waals surface area contributed by atoms with Crippen LogP contribution in [-0.4, -0.2) is 18.8 Å². The van der Waals surface area contributed by atoms with Crippen molar-refractivity contribution < 1.29 is 9.84 Å². The van der Waals surface area contributed by atoms with Crippen LogP contribution in [0.3, 0.4) is 0 Å². The van der Waals surface area contributed by atoms with Crippen molar-refractivity contribution in [1.82, 2.24) is 0 Å². The number of nitrogens with two attached hydrogens (primary N) is 1. The molecule has 4 heteroatoms. The molecular weight excluding hydrogens is 282 g/mol. The zero-order valence-corrected chi connectivity index (χ0v) is 12.0. The summed E-state index contributed by atoms with van der Waals surface area (Å²) in [6, 6.07) is 1.88. The Kier molecular flexibility index (Phi) is 5.78. The first-order valence-corrected chi connectivity index (χ1v) is 6.72. The standard InChI is InChI=1S/C13H20BrNO2/c1-3-9-8-11(17-2)13(16)10(12(9)14)6-4-5-7-15/h8,16H,3-7,15H2,1-2H3. The largest absolute Gasteiger partial charge is 0.504 e. The first kappa shape index (κ1) is 14.3. The van der Waals surface area contributed by atoms with E-state index in [1.165, 1.54) is 0 Å². The SMILES string of the molecule is CCc1cc(OC)c(O)c(CCCCN)c1Br. The van der Waals surface area contributed by atoms with Crippen LogP contribution in [0.15, 0.2) is 10.5 Å². The number of aromatic hydroxyl groups is 1. The van der Waals surface area contributed by atoms with Crippen molar-refractivity contribution in [1.29, 1.82) is 0 Å². The number of hydrogen-bond donors (Lipinski definition) is 2. The molecule has 0 spiro atoms. The van der Waals surface area contributed by atoms with E-state index in [-0.39, 0.29) is 5.75 Å². The van der Waals surface area contributed by atoms with Crippen molar-refractivity contribution in [3.8, 4) is 11.5 Å². The number of methoxy groups -OCH3 is 1. The van der Waals surface area contributed by atoms with Gasteiger partial charge >= 0.3 is 0 Å². The van der Waals surface area contributed by atoms with Crippen molar-refractivity contribution >= 4 is 15.9 Å². The van der Waals surface area contributed by atoms with E-state index in [1.54, 1.807) is 7.11 Å². The molecule has 96 valence electrons. The molecule has 0 bridgehead atoms. The van der Waals surface area contributed by atoms with Crippen LogP contribution >= 0.6 is 15.9 Å². The maximum absolute atomic E-state index is 10.1. The predicted molar refractivity (Wildman–Crippen MR) is 73.7 cm³/mol. The summed E-state index contributed by atoms with van der Waals surface area (Å²) < 4.78 is 6.19. The highest BCUT2D eigenvalue weighted by Gasteiger charge is 2.15. The van der Waals surface area contributed by atoms with Crippen molar-refractivity contribution in [3.63, 3.8) is 0 Å². The Morgan fingerprint density at radius 3 is 2.65 bits per heavy atom. The summed E-state index contributed by atoms with van der Waals surface area (Å²) >= 11 is 3.56. The van der Waals surface area contributed by atoms with Gasteiger partial charge in [0.15, 0.2) is 11.5 Å². The number of halogens is 1. The smallest absolute Gasteiger partial charge is 0.162 e. The average molecular weight is 302 g/mol. The van der Waals surface area contributed by atoms with Gasteiger partial charge in [0, 0.05) is 10.0 Å². The summed E-state index contributed by atoms with van der Waals surface area (Å²) in [6.45, 7) is 2.77. The van der Waals surface area contributed by atoms with Crippen LogP contribution in [0.2, 0.25) is 0 Å². The lowest BCUT2D eigenvalue weighted by molar-refractivity contribution is 0.369. The van der Waals surface area contributed by atoms with Gasteiger partial charge in [-0.3, -0.25) is 0 Å².